The second kappa shape index (κ2) is 17.0. The topological polar surface area (TPSA) is 33.7 Å². The molecule has 0 atom stereocenters. The van der Waals surface area contributed by atoms with E-state index in [1.165, 1.54) is 11.1 Å². The number of nitrogens with zero attached hydrogens (tertiary/aromatic N) is 1. The van der Waals surface area contributed by atoms with Crippen LogP contribution in [0.4, 0.5) is 26.3 Å². The van der Waals surface area contributed by atoms with Gasteiger partial charge < -0.3 is 14.8 Å². The summed E-state index contributed by atoms with van der Waals surface area (Å²) in [5.41, 5.74) is 2.36. The molecule has 2 aliphatic rings. The van der Waals surface area contributed by atoms with Crippen LogP contribution in [0.5, 0.6) is 0 Å². The van der Waals surface area contributed by atoms with Crippen molar-refractivity contribution in [1.82, 2.24) is 10.2 Å². The number of halogens is 7. The number of alkyl halides is 6. The molecule has 11 heteroatoms. The summed E-state index contributed by atoms with van der Waals surface area (Å²) in [6.07, 6.45) is -10.1. The predicted octanol–water partition coefficient (Wildman–Crippen LogP) is 6.80. The average Bonchev–Trinajstić information content (AvgIpc) is 2.80. The van der Waals surface area contributed by atoms with Crippen LogP contribution in [-0.2, 0) is 9.47 Å². The largest absolute Gasteiger partial charge is 0.391 e. The lowest BCUT2D eigenvalue weighted by molar-refractivity contribution is -0.157. The highest BCUT2D eigenvalue weighted by molar-refractivity contribution is 5.85. The van der Waals surface area contributed by atoms with Gasteiger partial charge in [-0.15, -0.1) is 12.4 Å². The van der Waals surface area contributed by atoms with Gasteiger partial charge in [-0.05, 0) is 11.1 Å². The van der Waals surface area contributed by atoms with Crippen molar-refractivity contribution >= 4 is 12.4 Å². The van der Waals surface area contributed by atoms with Gasteiger partial charge in [0.1, 0.15) is 0 Å². The Morgan fingerprint density at radius 3 is 1.47 bits per heavy atom. The smallest absolute Gasteiger partial charge is 0.375 e. The molecule has 1 N–H and O–H groups in total. The van der Waals surface area contributed by atoms with E-state index in [0.717, 1.165) is 0 Å². The highest BCUT2D eigenvalue weighted by Gasteiger charge is 2.35. The Morgan fingerprint density at radius 2 is 1.13 bits per heavy atom. The molecule has 2 heterocycles. The van der Waals surface area contributed by atoms with Crippen molar-refractivity contribution in [3.05, 3.63) is 71.8 Å². The van der Waals surface area contributed by atoms with E-state index in [1.54, 1.807) is 0 Å². The minimum absolute atomic E-state index is 0. The van der Waals surface area contributed by atoms with Gasteiger partial charge in [0.25, 0.3) is 0 Å². The first-order chi connectivity index (χ1) is 17.6. The summed E-state index contributed by atoms with van der Waals surface area (Å²) in [6, 6.07) is 20.4. The van der Waals surface area contributed by atoms with Crippen molar-refractivity contribution in [1.29, 1.82) is 0 Å². The summed E-state index contributed by atoms with van der Waals surface area (Å²) in [4.78, 5) is 2.24. The number of hydrogen-bond donors (Lipinski definition) is 1. The Balaban J connectivity index is 0.000000436. The molecular weight excluding hydrogens is 534 g/mol. The zero-order valence-electron chi connectivity index (χ0n) is 21.6. The fraction of sp³-hybridized carbons (Fsp3) is 0.556. The van der Waals surface area contributed by atoms with E-state index >= 15 is 0 Å². The maximum Gasteiger partial charge on any atom is 0.391 e. The maximum atomic E-state index is 12.2. The van der Waals surface area contributed by atoms with Crippen LogP contribution >= 0.6 is 12.4 Å². The molecule has 2 aromatic carbocycles. The van der Waals surface area contributed by atoms with Gasteiger partial charge in [-0.3, -0.25) is 4.90 Å². The SMILES string of the molecule is CC.Cl.FC(F)(F)CCOC1CN(C(c2ccccc2)c2ccccc2)C1.FC(F)(F)CCOC1CNC1. The van der Waals surface area contributed by atoms with E-state index in [2.05, 4.69) is 34.5 Å². The second-order valence-corrected chi connectivity index (χ2v) is 8.55. The number of hydrogen-bond acceptors (Lipinski definition) is 4. The molecule has 4 nitrogen and oxygen atoms in total. The van der Waals surface area contributed by atoms with E-state index < -0.39 is 25.2 Å². The molecule has 0 unspecified atom stereocenters. The van der Waals surface area contributed by atoms with Crippen molar-refractivity contribution in [2.24, 2.45) is 0 Å². The molecule has 0 spiro atoms. The first-order valence-electron chi connectivity index (χ1n) is 12.5. The predicted molar refractivity (Wildman–Crippen MR) is 139 cm³/mol. The number of ether oxygens (including phenoxy) is 2. The summed E-state index contributed by atoms with van der Waals surface area (Å²) in [6.45, 7) is 6.17. The van der Waals surface area contributed by atoms with E-state index in [9.17, 15) is 26.3 Å². The standard InChI is InChI=1S/C19H20F3NO.C6H10F3NO.C2H6.ClH/c20-19(21,22)11-12-24-17-13-23(14-17)18(15-7-3-1-4-8-15)16-9-5-2-6-10-16;7-6(8,9)1-2-11-5-3-10-4-5;1-2;/h1-10,17-18H,11-14H2;5,10H,1-4H2;1-2H3;1H. The highest BCUT2D eigenvalue weighted by Crippen LogP contribution is 2.33. The number of likely N-dealkylation sites (tertiary alicyclic amines) is 1. The Bertz CT molecular complexity index is 822. The summed E-state index contributed by atoms with van der Waals surface area (Å²) in [7, 11) is 0. The fourth-order valence-corrected chi connectivity index (χ4v) is 3.73. The first-order valence-corrected chi connectivity index (χ1v) is 12.5. The van der Waals surface area contributed by atoms with Crippen LogP contribution in [0.2, 0.25) is 0 Å². The van der Waals surface area contributed by atoms with Gasteiger partial charge in [0, 0.05) is 26.2 Å². The molecule has 4 rings (SSSR count). The fourth-order valence-electron chi connectivity index (χ4n) is 3.73. The minimum Gasteiger partial charge on any atom is -0.375 e. The van der Waals surface area contributed by atoms with Crippen LogP contribution in [0.25, 0.3) is 0 Å². The van der Waals surface area contributed by atoms with E-state index in [0.29, 0.717) is 26.2 Å². The Kier molecular flexibility index (Phi) is 15.3. The van der Waals surface area contributed by atoms with Crippen LogP contribution in [0.15, 0.2) is 60.7 Å². The van der Waals surface area contributed by atoms with Crippen molar-refractivity contribution in [2.45, 2.75) is 57.3 Å². The van der Waals surface area contributed by atoms with Gasteiger partial charge >= 0.3 is 12.4 Å². The van der Waals surface area contributed by atoms with Gasteiger partial charge in [-0.25, -0.2) is 0 Å². The first kappa shape index (κ1) is 34.2. The lowest BCUT2D eigenvalue weighted by Crippen LogP contribution is -2.53. The zero-order chi connectivity index (χ0) is 27.3. The van der Waals surface area contributed by atoms with Crippen LogP contribution in [0.1, 0.15) is 43.9 Å². The third kappa shape index (κ3) is 12.8. The molecular formula is C27H37ClF6N2O2. The van der Waals surface area contributed by atoms with Crippen LogP contribution < -0.4 is 5.32 Å². The quantitative estimate of drug-likeness (QED) is 0.336. The highest BCUT2D eigenvalue weighted by atomic mass is 35.5. The second-order valence-electron chi connectivity index (χ2n) is 8.55. The molecule has 0 saturated carbocycles. The number of benzene rings is 2. The lowest BCUT2D eigenvalue weighted by Gasteiger charge is -2.44. The maximum absolute atomic E-state index is 12.2. The van der Waals surface area contributed by atoms with E-state index in [-0.39, 0.29) is 43.9 Å². The van der Waals surface area contributed by atoms with E-state index in [1.807, 2.05) is 50.2 Å². The molecule has 2 aromatic rings. The minimum atomic E-state index is -4.15. The summed E-state index contributed by atoms with van der Waals surface area (Å²) >= 11 is 0. The number of nitrogens with one attached hydrogen (secondary N) is 1. The zero-order valence-corrected chi connectivity index (χ0v) is 22.4. The average molecular weight is 571 g/mol. The van der Waals surface area contributed by atoms with Gasteiger partial charge in [0.2, 0.25) is 0 Å². The van der Waals surface area contributed by atoms with Crippen molar-refractivity contribution < 1.29 is 35.8 Å². The summed E-state index contributed by atoms with van der Waals surface area (Å²) in [5.74, 6) is 0. The molecule has 0 aromatic heterocycles. The molecule has 0 aliphatic carbocycles. The molecule has 216 valence electrons. The Hall–Kier alpha value is -1.85. The third-order valence-corrected chi connectivity index (χ3v) is 5.69. The van der Waals surface area contributed by atoms with Crippen molar-refractivity contribution in [3.63, 3.8) is 0 Å². The third-order valence-electron chi connectivity index (χ3n) is 5.69. The molecule has 0 radical (unpaired) electrons. The van der Waals surface area contributed by atoms with Gasteiger partial charge in [-0.1, -0.05) is 74.5 Å². The molecule has 2 saturated heterocycles. The van der Waals surface area contributed by atoms with Gasteiger partial charge in [0.05, 0.1) is 44.3 Å². The van der Waals surface area contributed by atoms with Crippen LogP contribution in [0.3, 0.4) is 0 Å². The van der Waals surface area contributed by atoms with Crippen molar-refractivity contribution in [2.75, 3.05) is 39.4 Å². The molecule has 2 aliphatic heterocycles. The lowest BCUT2D eigenvalue weighted by atomic mass is 9.94. The molecule has 0 amide bonds. The van der Waals surface area contributed by atoms with Gasteiger partial charge in [-0.2, -0.15) is 26.3 Å². The Morgan fingerprint density at radius 1 is 0.737 bits per heavy atom. The monoisotopic (exact) mass is 570 g/mol. The molecule has 2 fully saturated rings. The van der Waals surface area contributed by atoms with E-state index in [4.69, 9.17) is 9.47 Å². The van der Waals surface area contributed by atoms with Crippen molar-refractivity contribution in [3.8, 4) is 0 Å². The molecule has 38 heavy (non-hydrogen) atoms. The summed E-state index contributed by atoms with van der Waals surface area (Å²) in [5, 5.41) is 2.90. The Labute approximate surface area is 227 Å². The van der Waals surface area contributed by atoms with Gasteiger partial charge in [0.15, 0.2) is 0 Å². The summed E-state index contributed by atoms with van der Waals surface area (Å²) < 4.78 is 81.4. The number of rotatable bonds is 9. The normalized spacial score (nSPS) is 16.2. The molecule has 0 bridgehead atoms. The van der Waals surface area contributed by atoms with Crippen LogP contribution in [-0.4, -0.2) is 68.9 Å². The van der Waals surface area contributed by atoms with Crippen LogP contribution in [0, 0.1) is 0 Å².